The van der Waals surface area contributed by atoms with Crippen LogP contribution in [0.15, 0.2) is 58.8 Å². The SMILES string of the molecule is CCCCC(=O)Nc1cccc(SC(CC)C(=O)Nc2scc(-c3ccc(C)cc3)c2C#N)c1. The molecule has 2 amide bonds. The van der Waals surface area contributed by atoms with E-state index in [-0.39, 0.29) is 17.1 Å². The normalized spacial score (nSPS) is 11.5. The van der Waals surface area contributed by atoms with Gasteiger partial charge in [0.15, 0.2) is 0 Å². The summed E-state index contributed by atoms with van der Waals surface area (Å²) >= 11 is 2.82. The highest BCUT2D eigenvalue weighted by Crippen LogP contribution is 2.36. The predicted molar refractivity (Wildman–Crippen MR) is 142 cm³/mol. The van der Waals surface area contributed by atoms with Crippen LogP contribution in [-0.2, 0) is 9.59 Å². The van der Waals surface area contributed by atoms with E-state index >= 15 is 0 Å². The molecule has 0 aliphatic carbocycles. The number of carbonyl (C=O) groups is 2. The Bertz CT molecular complexity index is 1180. The number of nitrogens with one attached hydrogen (secondary N) is 2. The maximum Gasteiger partial charge on any atom is 0.238 e. The summed E-state index contributed by atoms with van der Waals surface area (Å²) in [5.41, 5.74) is 4.15. The second-order valence-electron chi connectivity index (χ2n) is 8.01. The van der Waals surface area contributed by atoms with Crippen LogP contribution in [0.4, 0.5) is 10.7 Å². The van der Waals surface area contributed by atoms with Crippen molar-refractivity contribution in [3.63, 3.8) is 0 Å². The number of nitrogens with zero attached hydrogens (tertiary/aromatic N) is 1. The average molecular weight is 492 g/mol. The molecule has 0 saturated carbocycles. The molecule has 0 aliphatic heterocycles. The number of unbranched alkanes of at least 4 members (excludes halogenated alkanes) is 1. The monoisotopic (exact) mass is 491 g/mol. The molecule has 0 saturated heterocycles. The van der Waals surface area contributed by atoms with E-state index in [0.717, 1.165) is 40.1 Å². The molecular formula is C27H29N3O2S2. The fraction of sp³-hybridized carbons (Fsp3) is 0.296. The van der Waals surface area contributed by atoms with E-state index in [1.54, 1.807) is 0 Å². The van der Waals surface area contributed by atoms with Crippen LogP contribution in [0.2, 0.25) is 0 Å². The zero-order valence-electron chi connectivity index (χ0n) is 19.7. The van der Waals surface area contributed by atoms with Gasteiger partial charge in [-0.05, 0) is 43.5 Å². The minimum atomic E-state index is -0.331. The molecule has 0 radical (unpaired) electrons. The predicted octanol–water partition coefficient (Wildman–Crippen LogP) is 7.23. The fourth-order valence-corrected chi connectivity index (χ4v) is 5.33. The lowest BCUT2D eigenvalue weighted by Crippen LogP contribution is -2.24. The summed E-state index contributed by atoms with van der Waals surface area (Å²) in [5, 5.41) is 17.8. The molecule has 176 valence electrons. The third-order valence-corrected chi connectivity index (χ3v) is 7.57. The lowest BCUT2D eigenvalue weighted by molar-refractivity contribution is -0.116. The highest BCUT2D eigenvalue weighted by molar-refractivity contribution is 8.00. The van der Waals surface area contributed by atoms with Crippen molar-refractivity contribution >= 4 is 45.6 Å². The largest absolute Gasteiger partial charge is 0.326 e. The molecule has 3 aromatic rings. The topological polar surface area (TPSA) is 82.0 Å². The minimum Gasteiger partial charge on any atom is -0.326 e. The van der Waals surface area contributed by atoms with Gasteiger partial charge >= 0.3 is 0 Å². The second kappa shape index (κ2) is 12.4. The molecule has 1 atom stereocenters. The second-order valence-corrected chi connectivity index (χ2v) is 10.2. The summed E-state index contributed by atoms with van der Waals surface area (Å²) in [6.45, 7) is 6.04. The summed E-state index contributed by atoms with van der Waals surface area (Å²) in [4.78, 5) is 26.0. The number of hydrogen-bond acceptors (Lipinski definition) is 5. The van der Waals surface area contributed by atoms with Crippen LogP contribution in [0.25, 0.3) is 11.1 Å². The molecule has 0 aliphatic rings. The molecule has 7 heteroatoms. The van der Waals surface area contributed by atoms with Gasteiger partial charge in [0, 0.05) is 27.9 Å². The van der Waals surface area contributed by atoms with Gasteiger partial charge in [-0.3, -0.25) is 9.59 Å². The van der Waals surface area contributed by atoms with Gasteiger partial charge in [0.1, 0.15) is 11.1 Å². The molecule has 2 aromatic carbocycles. The molecule has 3 rings (SSSR count). The number of carbonyl (C=O) groups excluding carboxylic acids is 2. The molecule has 2 N–H and O–H groups in total. The van der Waals surface area contributed by atoms with Crippen LogP contribution < -0.4 is 10.6 Å². The van der Waals surface area contributed by atoms with Gasteiger partial charge < -0.3 is 10.6 Å². The number of rotatable bonds is 10. The van der Waals surface area contributed by atoms with Crippen molar-refractivity contribution in [2.45, 2.75) is 56.6 Å². The summed E-state index contributed by atoms with van der Waals surface area (Å²) in [6, 6.07) is 17.8. The molecule has 5 nitrogen and oxygen atoms in total. The molecular weight excluding hydrogens is 462 g/mol. The Kier molecular flexibility index (Phi) is 9.32. The number of benzene rings is 2. The zero-order chi connectivity index (χ0) is 24.5. The first kappa shape index (κ1) is 25.5. The Morgan fingerprint density at radius 2 is 1.88 bits per heavy atom. The van der Waals surface area contributed by atoms with Crippen LogP contribution in [0, 0.1) is 18.3 Å². The molecule has 0 fully saturated rings. The van der Waals surface area contributed by atoms with Gasteiger partial charge in [-0.25, -0.2) is 0 Å². The van der Waals surface area contributed by atoms with E-state index in [9.17, 15) is 14.9 Å². The lowest BCUT2D eigenvalue weighted by Gasteiger charge is -2.15. The van der Waals surface area contributed by atoms with Crippen molar-refractivity contribution in [3.8, 4) is 17.2 Å². The van der Waals surface area contributed by atoms with E-state index in [1.807, 2.05) is 67.8 Å². The highest BCUT2D eigenvalue weighted by Gasteiger charge is 2.22. The van der Waals surface area contributed by atoms with Crippen LogP contribution in [0.5, 0.6) is 0 Å². The van der Waals surface area contributed by atoms with Crippen molar-refractivity contribution in [1.29, 1.82) is 5.26 Å². The Morgan fingerprint density at radius 1 is 1.12 bits per heavy atom. The molecule has 1 heterocycles. The van der Waals surface area contributed by atoms with Gasteiger partial charge in [0.25, 0.3) is 0 Å². The quantitative estimate of drug-likeness (QED) is 0.293. The smallest absolute Gasteiger partial charge is 0.238 e. The summed E-state index contributed by atoms with van der Waals surface area (Å²) < 4.78 is 0. The van der Waals surface area contributed by atoms with Crippen molar-refractivity contribution in [3.05, 3.63) is 65.0 Å². The third-order valence-electron chi connectivity index (χ3n) is 5.32. The number of aryl methyl sites for hydroxylation is 1. The highest BCUT2D eigenvalue weighted by atomic mass is 32.2. The third kappa shape index (κ3) is 6.72. The fourth-order valence-electron chi connectivity index (χ4n) is 3.39. The van der Waals surface area contributed by atoms with Crippen molar-refractivity contribution in [1.82, 2.24) is 0 Å². The van der Waals surface area contributed by atoms with Crippen molar-refractivity contribution < 1.29 is 9.59 Å². The first-order valence-electron chi connectivity index (χ1n) is 11.4. The molecule has 34 heavy (non-hydrogen) atoms. The standard InChI is InChI=1S/C27H29N3O2S2/c1-4-6-10-25(31)29-20-8-7-9-21(15-20)34-24(5-2)26(32)30-27-22(16-28)23(17-33-27)19-13-11-18(3)12-14-19/h7-9,11-15,17,24H,4-6,10H2,1-3H3,(H,29,31)(H,30,32). The van der Waals surface area contributed by atoms with E-state index < -0.39 is 0 Å². The average Bonchev–Trinajstić information content (AvgIpc) is 3.24. The molecule has 0 bridgehead atoms. The van der Waals surface area contributed by atoms with E-state index in [2.05, 4.69) is 23.6 Å². The van der Waals surface area contributed by atoms with Crippen LogP contribution in [0.3, 0.4) is 0 Å². The van der Waals surface area contributed by atoms with Gasteiger partial charge in [0.05, 0.1) is 10.8 Å². The maximum absolute atomic E-state index is 13.1. The van der Waals surface area contributed by atoms with Gasteiger partial charge in [-0.1, -0.05) is 56.2 Å². The van der Waals surface area contributed by atoms with Crippen molar-refractivity contribution in [2.24, 2.45) is 0 Å². The number of amides is 2. The Balaban J connectivity index is 1.70. The van der Waals surface area contributed by atoms with Crippen LogP contribution >= 0.6 is 23.1 Å². The first-order valence-corrected chi connectivity index (χ1v) is 13.2. The number of thiophene rings is 1. The number of anilines is 2. The van der Waals surface area contributed by atoms with E-state index in [0.29, 0.717) is 23.4 Å². The Morgan fingerprint density at radius 3 is 2.56 bits per heavy atom. The summed E-state index contributed by atoms with van der Waals surface area (Å²) in [6.07, 6.45) is 2.96. The Labute approximate surface area is 209 Å². The van der Waals surface area contributed by atoms with Gasteiger partial charge in [-0.15, -0.1) is 23.1 Å². The lowest BCUT2D eigenvalue weighted by atomic mass is 10.0. The molecule has 1 unspecified atom stereocenters. The minimum absolute atomic E-state index is 0.0000984. The van der Waals surface area contributed by atoms with Gasteiger partial charge in [-0.2, -0.15) is 5.26 Å². The van der Waals surface area contributed by atoms with Crippen LogP contribution in [-0.4, -0.2) is 17.1 Å². The summed E-state index contributed by atoms with van der Waals surface area (Å²) in [5.74, 6) is -0.140. The maximum atomic E-state index is 13.1. The van der Waals surface area contributed by atoms with Crippen LogP contribution in [0.1, 0.15) is 50.7 Å². The first-order chi connectivity index (χ1) is 16.4. The number of thioether (sulfide) groups is 1. The molecule has 0 spiro atoms. The van der Waals surface area contributed by atoms with E-state index in [1.165, 1.54) is 23.1 Å². The van der Waals surface area contributed by atoms with Gasteiger partial charge in [0.2, 0.25) is 11.8 Å². The summed E-state index contributed by atoms with van der Waals surface area (Å²) in [7, 11) is 0. The van der Waals surface area contributed by atoms with Crippen molar-refractivity contribution in [2.75, 3.05) is 10.6 Å². The molecule has 1 aromatic heterocycles. The Hall–Kier alpha value is -3.08. The van der Waals surface area contributed by atoms with E-state index in [4.69, 9.17) is 0 Å². The number of hydrogen-bond donors (Lipinski definition) is 2. The zero-order valence-corrected chi connectivity index (χ0v) is 21.3. The number of nitriles is 1.